The van der Waals surface area contributed by atoms with Crippen molar-refractivity contribution in [2.75, 3.05) is 13.7 Å². The van der Waals surface area contributed by atoms with E-state index in [-0.39, 0.29) is 6.61 Å². The van der Waals surface area contributed by atoms with Crippen molar-refractivity contribution in [2.24, 2.45) is 0 Å². The quantitative estimate of drug-likeness (QED) is 0.394. The average molecular weight is 424 g/mol. The molecule has 0 bridgehead atoms. The largest absolute Gasteiger partial charge is 0.493 e. The third-order valence-electron chi connectivity index (χ3n) is 2.92. The molecule has 0 saturated carbocycles. The molecular formula is C18H17IO4. The second kappa shape index (κ2) is 8.57. The molecule has 0 aliphatic carbocycles. The van der Waals surface area contributed by atoms with Crippen LogP contribution in [0.25, 0.3) is 6.08 Å². The topological polar surface area (TPSA) is 44.8 Å². The van der Waals surface area contributed by atoms with E-state index in [2.05, 4.69) is 22.6 Å². The number of methoxy groups -OCH3 is 1. The molecule has 0 amide bonds. The van der Waals surface area contributed by atoms with Gasteiger partial charge in [0.2, 0.25) is 0 Å². The minimum absolute atomic E-state index is 0.190. The fourth-order valence-electron chi connectivity index (χ4n) is 1.93. The zero-order chi connectivity index (χ0) is 16.7. The van der Waals surface area contributed by atoms with E-state index < -0.39 is 5.97 Å². The predicted molar refractivity (Wildman–Crippen MR) is 98.0 cm³/mol. The van der Waals surface area contributed by atoms with E-state index in [1.165, 1.54) is 0 Å². The summed E-state index contributed by atoms with van der Waals surface area (Å²) in [5, 5.41) is 0. The molecule has 5 heteroatoms. The minimum atomic E-state index is -0.466. The summed E-state index contributed by atoms with van der Waals surface area (Å²) in [6, 6.07) is 12.8. The van der Waals surface area contributed by atoms with Crippen molar-refractivity contribution in [3.8, 4) is 17.2 Å². The average Bonchev–Trinajstić information content (AvgIpc) is 2.54. The number of hydrogen-bond acceptors (Lipinski definition) is 4. The number of ether oxygens (including phenoxy) is 3. The molecule has 0 aromatic heterocycles. The van der Waals surface area contributed by atoms with Crippen LogP contribution < -0.4 is 14.2 Å². The van der Waals surface area contributed by atoms with Crippen LogP contribution in [0.15, 0.2) is 48.5 Å². The second-order valence-corrected chi connectivity index (χ2v) is 5.88. The van der Waals surface area contributed by atoms with Gasteiger partial charge in [0.1, 0.15) is 5.75 Å². The van der Waals surface area contributed by atoms with Crippen LogP contribution >= 0.6 is 22.6 Å². The molecule has 0 unspecified atom stereocenters. The molecular weight excluding hydrogens is 407 g/mol. The highest BCUT2D eigenvalue weighted by molar-refractivity contribution is 14.1. The number of allylic oxidation sites excluding steroid dienone is 1. The predicted octanol–water partition coefficient (Wildman–Crippen LogP) is 4.32. The van der Waals surface area contributed by atoms with Crippen molar-refractivity contribution in [3.05, 3.63) is 57.7 Å². The highest BCUT2D eigenvalue weighted by Gasteiger charge is 2.10. The summed E-state index contributed by atoms with van der Waals surface area (Å²) in [5.74, 6) is 1.11. The van der Waals surface area contributed by atoms with Gasteiger partial charge in [-0.15, -0.1) is 0 Å². The van der Waals surface area contributed by atoms with Crippen LogP contribution in [0.4, 0.5) is 0 Å². The molecule has 0 atom stereocenters. The molecule has 0 heterocycles. The van der Waals surface area contributed by atoms with Gasteiger partial charge in [-0.05, 0) is 65.4 Å². The van der Waals surface area contributed by atoms with Gasteiger partial charge in [0.15, 0.2) is 18.1 Å². The van der Waals surface area contributed by atoms with Gasteiger partial charge < -0.3 is 14.2 Å². The first kappa shape index (κ1) is 17.3. The van der Waals surface area contributed by atoms with Crippen LogP contribution in [0.5, 0.6) is 17.2 Å². The Morgan fingerprint density at radius 2 is 2.00 bits per heavy atom. The third-order valence-corrected chi connectivity index (χ3v) is 3.59. The number of benzene rings is 2. The maximum Gasteiger partial charge on any atom is 0.349 e. The van der Waals surface area contributed by atoms with E-state index in [0.717, 1.165) is 9.13 Å². The van der Waals surface area contributed by atoms with Gasteiger partial charge in [0.25, 0.3) is 0 Å². The Morgan fingerprint density at radius 1 is 1.17 bits per heavy atom. The summed E-state index contributed by atoms with van der Waals surface area (Å²) in [4.78, 5) is 11.9. The molecule has 2 rings (SSSR count). The van der Waals surface area contributed by atoms with E-state index in [9.17, 15) is 4.79 Å². The SMILES string of the molecule is C/C=C/c1ccc(OCC(=O)Oc2cccc(I)c2)c(OC)c1. The Balaban J connectivity index is 1.98. The lowest BCUT2D eigenvalue weighted by Gasteiger charge is -2.11. The lowest BCUT2D eigenvalue weighted by Crippen LogP contribution is -2.18. The first-order valence-electron chi connectivity index (χ1n) is 7.02. The summed E-state index contributed by atoms with van der Waals surface area (Å²) < 4.78 is 17.0. The van der Waals surface area contributed by atoms with Crippen LogP contribution in [-0.4, -0.2) is 19.7 Å². The zero-order valence-electron chi connectivity index (χ0n) is 12.9. The zero-order valence-corrected chi connectivity index (χ0v) is 15.1. The number of halogens is 1. The van der Waals surface area contributed by atoms with Crippen molar-refractivity contribution < 1.29 is 19.0 Å². The van der Waals surface area contributed by atoms with E-state index in [0.29, 0.717) is 17.2 Å². The lowest BCUT2D eigenvalue weighted by atomic mass is 10.2. The highest BCUT2D eigenvalue weighted by Crippen LogP contribution is 2.28. The van der Waals surface area contributed by atoms with Crippen LogP contribution in [0.3, 0.4) is 0 Å². The van der Waals surface area contributed by atoms with Gasteiger partial charge >= 0.3 is 5.97 Å². The highest BCUT2D eigenvalue weighted by atomic mass is 127. The van der Waals surface area contributed by atoms with Gasteiger partial charge in [0.05, 0.1) is 7.11 Å². The molecule has 0 aliphatic rings. The Bertz CT molecular complexity index is 710. The molecule has 0 saturated heterocycles. The maximum absolute atomic E-state index is 11.9. The van der Waals surface area contributed by atoms with Crippen molar-refractivity contribution >= 4 is 34.6 Å². The van der Waals surface area contributed by atoms with Gasteiger partial charge in [-0.2, -0.15) is 0 Å². The second-order valence-electron chi connectivity index (χ2n) is 4.63. The molecule has 2 aromatic carbocycles. The summed E-state index contributed by atoms with van der Waals surface area (Å²) in [6.45, 7) is 1.75. The van der Waals surface area contributed by atoms with Crippen molar-refractivity contribution in [1.82, 2.24) is 0 Å². The van der Waals surface area contributed by atoms with Gasteiger partial charge in [-0.1, -0.05) is 24.3 Å². The molecule has 120 valence electrons. The summed E-state index contributed by atoms with van der Waals surface area (Å²) >= 11 is 2.16. The van der Waals surface area contributed by atoms with Gasteiger partial charge in [0, 0.05) is 3.57 Å². The van der Waals surface area contributed by atoms with Crippen molar-refractivity contribution in [1.29, 1.82) is 0 Å². The Kier molecular flexibility index (Phi) is 6.46. The molecule has 23 heavy (non-hydrogen) atoms. The Labute approximate surface area is 149 Å². The number of carbonyl (C=O) groups excluding carboxylic acids is 1. The molecule has 0 spiro atoms. The van der Waals surface area contributed by atoms with Crippen LogP contribution in [0.2, 0.25) is 0 Å². The van der Waals surface area contributed by atoms with Gasteiger partial charge in [-0.25, -0.2) is 4.79 Å². The number of carbonyl (C=O) groups is 1. The number of esters is 1. The minimum Gasteiger partial charge on any atom is -0.493 e. The Hall–Kier alpha value is -2.02. The third kappa shape index (κ3) is 5.28. The smallest absolute Gasteiger partial charge is 0.349 e. The number of rotatable bonds is 6. The molecule has 2 aromatic rings. The Morgan fingerprint density at radius 3 is 2.70 bits per heavy atom. The molecule has 0 radical (unpaired) electrons. The number of hydrogen-bond donors (Lipinski definition) is 0. The normalized spacial score (nSPS) is 10.6. The van der Waals surface area contributed by atoms with Crippen LogP contribution in [-0.2, 0) is 4.79 Å². The molecule has 0 N–H and O–H groups in total. The molecule has 0 aliphatic heterocycles. The van der Waals surface area contributed by atoms with Crippen molar-refractivity contribution in [3.63, 3.8) is 0 Å². The van der Waals surface area contributed by atoms with Crippen LogP contribution in [0, 0.1) is 3.57 Å². The van der Waals surface area contributed by atoms with E-state index in [1.54, 1.807) is 25.3 Å². The fourth-order valence-corrected chi connectivity index (χ4v) is 2.44. The maximum atomic E-state index is 11.9. The first-order chi connectivity index (χ1) is 11.1. The summed E-state index contributed by atoms with van der Waals surface area (Å²) in [7, 11) is 1.56. The molecule has 4 nitrogen and oxygen atoms in total. The monoisotopic (exact) mass is 424 g/mol. The van der Waals surface area contributed by atoms with E-state index in [1.807, 2.05) is 43.3 Å². The lowest BCUT2D eigenvalue weighted by molar-refractivity contribution is -0.136. The standard InChI is InChI=1S/C18H17IO4/c1-3-5-13-8-9-16(17(10-13)21-2)22-12-18(20)23-15-7-4-6-14(19)11-15/h3-11H,12H2,1-2H3/b5-3+. The van der Waals surface area contributed by atoms with E-state index in [4.69, 9.17) is 14.2 Å². The van der Waals surface area contributed by atoms with Gasteiger partial charge in [-0.3, -0.25) is 0 Å². The first-order valence-corrected chi connectivity index (χ1v) is 8.10. The van der Waals surface area contributed by atoms with Crippen molar-refractivity contribution in [2.45, 2.75) is 6.92 Å². The molecule has 0 fully saturated rings. The fraction of sp³-hybridized carbons (Fsp3) is 0.167. The summed E-state index contributed by atoms with van der Waals surface area (Å²) in [6.07, 6.45) is 3.89. The van der Waals surface area contributed by atoms with E-state index >= 15 is 0 Å². The summed E-state index contributed by atoms with van der Waals surface area (Å²) in [5.41, 5.74) is 0.998. The van der Waals surface area contributed by atoms with Crippen LogP contribution in [0.1, 0.15) is 12.5 Å².